The molecule has 0 bridgehead atoms. The summed E-state index contributed by atoms with van der Waals surface area (Å²) in [6.45, 7) is 4.47. The van der Waals surface area contributed by atoms with Gasteiger partial charge < -0.3 is 0 Å². The van der Waals surface area contributed by atoms with Gasteiger partial charge in [0.1, 0.15) is 0 Å². The van der Waals surface area contributed by atoms with E-state index in [1.165, 1.54) is 32.1 Å². The third-order valence-corrected chi connectivity index (χ3v) is 2.07. The van der Waals surface area contributed by atoms with Gasteiger partial charge in [-0.25, -0.2) is 0 Å². The summed E-state index contributed by atoms with van der Waals surface area (Å²) in [4.78, 5) is 0. The first-order valence-electron chi connectivity index (χ1n) is 4.78. The second kappa shape index (κ2) is 7.66. The van der Waals surface area contributed by atoms with E-state index in [4.69, 9.17) is 6.42 Å². The van der Waals surface area contributed by atoms with Crippen molar-refractivity contribution in [3.05, 3.63) is 0 Å². The Morgan fingerprint density at radius 2 is 1.91 bits per heavy atom. The normalized spacial score (nSPS) is 12.5. The van der Waals surface area contributed by atoms with Crippen molar-refractivity contribution in [3.63, 3.8) is 0 Å². The molecule has 0 aliphatic rings. The molecule has 64 valence electrons. The van der Waals surface area contributed by atoms with Crippen LogP contribution in [0.4, 0.5) is 0 Å². The highest BCUT2D eigenvalue weighted by Gasteiger charge is 2.04. The largest absolute Gasteiger partial charge is 0.120 e. The third-order valence-electron chi connectivity index (χ3n) is 2.07. The Hall–Kier alpha value is -0.440. The summed E-state index contributed by atoms with van der Waals surface area (Å²) in [5, 5.41) is 0. The SMILES string of the molecule is C#CCC(CCC)CCCC. The molecule has 11 heavy (non-hydrogen) atoms. The van der Waals surface area contributed by atoms with Gasteiger partial charge in [0.15, 0.2) is 0 Å². The molecule has 0 heteroatoms. The van der Waals surface area contributed by atoms with Crippen LogP contribution in [0, 0.1) is 18.3 Å². The molecular formula is C11H20. The molecule has 0 aromatic heterocycles. The van der Waals surface area contributed by atoms with Crippen molar-refractivity contribution in [2.75, 3.05) is 0 Å². The van der Waals surface area contributed by atoms with E-state index in [-0.39, 0.29) is 0 Å². The molecule has 0 spiro atoms. The van der Waals surface area contributed by atoms with Gasteiger partial charge >= 0.3 is 0 Å². The molecule has 0 rings (SSSR count). The van der Waals surface area contributed by atoms with E-state index in [0.29, 0.717) is 0 Å². The van der Waals surface area contributed by atoms with Crippen LogP contribution in [0.3, 0.4) is 0 Å². The van der Waals surface area contributed by atoms with Crippen LogP contribution in [0.2, 0.25) is 0 Å². The zero-order valence-electron chi connectivity index (χ0n) is 7.90. The lowest BCUT2D eigenvalue weighted by atomic mass is 9.94. The van der Waals surface area contributed by atoms with Crippen LogP contribution in [-0.4, -0.2) is 0 Å². The lowest BCUT2D eigenvalue weighted by molar-refractivity contribution is 0.439. The van der Waals surface area contributed by atoms with Crippen molar-refractivity contribution in [1.82, 2.24) is 0 Å². The number of hydrogen-bond acceptors (Lipinski definition) is 0. The zero-order chi connectivity index (χ0) is 8.53. The summed E-state index contributed by atoms with van der Waals surface area (Å²) >= 11 is 0. The van der Waals surface area contributed by atoms with Gasteiger partial charge in [0.25, 0.3) is 0 Å². The quantitative estimate of drug-likeness (QED) is 0.510. The Morgan fingerprint density at radius 1 is 1.18 bits per heavy atom. The molecule has 0 heterocycles. The maximum Gasteiger partial charge on any atom is 0.0114 e. The number of rotatable bonds is 6. The van der Waals surface area contributed by atoms with E-state index in [9.17, 15) is 0 Å². The smallest absolute Gasteiger partial charge is 0.0114 e. The lowest BCUT2D eigenvalue weighted by Crippen LogP contribution is -1.98. The van der Waals surface area contributed by atoms with Crippen LogP contribution in [0.15, 0.2) is 0 Å². The highest BCUT2D eigenvalue weighted by molar-refractivity contribution is 4.86. The van der Waals surface area contributed by atoms with Crippen LogP contribution in [0.25, 0.3) is 0 Å². The maximum atomic E-state index is 5.28. The molecule has 0 nitrogen and oxygen atoms in total. The number of hydrogen-bond donors (Lipinski definition) is 0. The first kappa shape index (κ1) is 10.6. The fourth-order valence-electron chi connectivity index (χ4n) is 1.42. The molecule has 0 amide bonds. The molecule has 0 aromatic rings. The van der Waals surface area contributed by atoms with E-state index >= 15 is 0 Å². The Labute approximate surface area is 71.4 Å². The molecule has 0 saturated carbocycles. The van der Waals surface area contributed by atoms with Gasteiger partial charge in [-0.2, -0.15) is 0 Å². The van der Waals surface area contributed by atoms with E-state index < -0.39 is 0 Å². The topological polar surface area (TPSA) is 0 Å². The Bertz CT molecular complexity index is 108. The molecule has 0 aliphatic carbocycles. The van der Waals surface area contributed by atoms with Gasteiger partial charge in [-0.1, -0.05) is 33.1 Å². The van der Waals surface area contributed by atoms with Gasteiger partial charge in [0.05, 0.1) is 0 Å². The van der Waals surface area contributed by atoms with Gasteiger partial charge in [-0.05, 0) is 18.8 Å². The van der Waals surface area contributed by atoms with E-state index in [1.54, 1.807) is 0 Å². The average Bonchev–Trinajstić information content (AvgIpc) is 2.01. The summed E-state index contributed by atoms with van der Waals surface area (Å²) in [6.07, 6.45) is 12.8. The van der Waals surface area contributed by atoms with Gasteiger partial charge in [0, 0.05) is 6.42 Å². The number of unbranched alkanes of at least 4 members (excludes halogenated alkanes) is 1. The maximum absolute atomic E-state index is 5.28. The third kappa shape index (κ3) is 5.98. The number of terminal acetylenes is 1. The monoisotopic (exact) mass is 152 g/mol. The van der Waals surface area contributed by atoms with Crippen LogP contribution in [0.5, 0.6) is 0 Å². The molecule has 0 N–H and O–H groups in total. The second-order valence-electron chi connectivity index (χ2n) is 3.21. The molecular weight excluding hydrogens is 132 g/mol. The average molecular weight is 152 g/mol. The predicted molar refractivity (Wildman–Crippen MR) is 51.4 cm³/mol. The lowest BCUT2D eigenvalue weighted by Gasteiger charge is -2.11. The van der Waals surface area contributed by atoms with Crippen molar-refractivity contribution >= 4 is 0 Å². The van der Waals surface area contributed by atoms with Crippen molar-refractivity contribution in [2.45, 2.75) is 52.4 Å². The highest BCUT2D eigenvalue weighted by atomic mass is 14.1. The molecule has 0 fully saturated rings. The minimum absolute atomic E-state index is 0.796. The summed E-state index contributed by atoms with van der Waals surface area (Å²) < 4.78 is 0. The molecule has 0 saturated heterocycles. The highest BCUT2D eigenvalue weighted by Crippen LogP contribution is 2.17. The van der Waals surface area contributed by atoms with Crippen molar-refractivity contribution in [1.29, 1.82) is 0 Å². The standard InChI is InChI=1S/C11H20/c1-4-7-10-11(8-5-2)9-6-3/h2,11H,4,6-10H2,1,3H3. The predicted octanol–water partition coefficient (Wildman–Crippen LogP) is 3.62. The minimum Gasteiger partial charge on any atom is -0.120 e. The van der Waals surface area contributed by atoms with Gasteiger partial charge in [-0.3, -0.25) is 0 Å². The van der Waals surface area contributed by atoms with Crippen LogP contribution < -0.4 is 0 Å². The van der Waals surface area contributed by atoms with Gasteiger partial charge in [-0.15, -0.1) is 12.3 Å². The fourth-order valence-corrected chi connectivity index (χ4v) is 1.42. The van der Waals surface area contributed by atoms with E-state index in [1.807, 2.05) is 0 Å². The Kier molecular flexibility index (Phi) is 7.36. The fraction of sp³-hybridized carbons (Fsp3) is 0.818. The zero-order valence-corrected chi connectivity index (χ0v) is 7.90. The summed E-state index contributed by atoms with van der Waals surface area (Å²) in [5.41, 5.74) is 0. The van der Waals surface area contributed by atoms with Crippen molar-refractivity contribution < 1.29 is 0 Å². The summed E-state index contributed by atoms with van der Waals surface area (Å²) in [7, 11) is 0. The van der Waals surface area contributed by atoms with Crippen LogP contribution in [0.1, 0.15) is 52.4 Å². The van der Waals surface area contributed by atoms with Crippen molar-refractivity contribution in [3.8, 4) is 12.3 Å². The first-order chi connectivity index (χ1) is 5.35. The molecule has 0 aromatic carbocycles. The first-order valence-corrected chi connectivity index (χ1v) is 4.78. The Morgan fingerprint density at radius 3 is 2.36 bits per heavy atom. The van der Waals surface area contributed by atoms with E-state index in [0.717, 1.165) is 12.3 Å². The van der Waals surface area contributed by atoms with Crippen molar-refractivity contribution in [2.24, 2.45) is 5.92 Å². The molecule has 1 unspecified atom stereocenters. The van der Waals surface area contributed by atoms with Gasteiger partial charge in [0.2, 0.25) is 0 Å². The van der Waals surface area contributed by atoms with Crippen LogP contribution in [-0.2, 0) is 0 Å². The Balaban J connectivity index is 3.44. The molecule has 0 aliphatic heterocycles. The molecule has 0 radical (unpaired) electrons. The van der Waals surface area contributed by atoms with E-state index in [2.05, 4.69) is 19.8 Å². The second-order valence-corrected chi connectivity index (χ2v) is 3.21. The molecule has 1 atom stereocenters. The van der Waals surface area contributed by atoms with Crippen LogP contribution >= 0.6 is 0 Å². The minimum atomic E-state index is 0.796. The summed E-state index contributed by atoms with van der Waals surface area (Å²) in [6, 6.07) is 0. The summed E-state index contributed by atoms with van der Waals surface area (Å²) in [5.74, 6) is 3.56.